The normalized spacial score (nSPS) is 13.0. The van der Waals surface area contributed by atoms with Crippen molar-refractivity contribution >= 4 is 0 Å². The summed E-state index contributed by atoms with van der Waals surface area (Å²) in [6.45, 7) is 1.95. The van der Waals surface area contributed by atoms with E-state index in [0.717, 1.165) is 17.0 Å². The molecule has 1 unspecified atom stereocenters. The lowest BCUT2D eigenvalue weighted by atomic mass is 10.1. The van der Waals surface area contributed by atoms with Crippen LogP contribution in [0.4, 0.5) is 0 Å². The van der Waals surface area contributed by atoms with E-state index in [0.29, 0.717) is 0 Å². The summed E-state index contributed by atoms with van der Waals surface area (Å²) in [6.07, 6.45) is 3.63. The summed E-state index contributed by atoms with van der Waals surface area (Å²) < 4.78 is 3.45. The fourth-order valence-corrected chi connectivity index (χ4v) is 1.79. The van der Waals surface area contributed by atoms with Crippen LogP contribution in [0.5, 0.6) is 0 Å². The van der Waals surface area contributed by atoms with Crippen LogP contribution in [0.15, 0.2) is 12.4 Å². The number of hydrazine groups is 1. The Morgan fingerprint density at radius 1 is 1.44 bits per heavy atom. The molecule has 0 saturated heterocycles. The van der Waals surface area contributed by atoms with Gasteiger partial charge in [-0.15, -0.1) is 5.10 Å². The van der Waals surface area contributed by atoms with Crippen molar-refractivity contribution in [3.8, 4) is 0 Å². The van der Waals surface area contributed by atoms with E-state index in [9.17, 15) is 0 Å². The van der Waals surface area contributed by atoms with Crippen molar-refractivity contribution in [2.75, 3.05) is 0 Å². The van der Waals surface area contributed by atoms with Crippen LogP contribution in [0.2, 0.25) is 0 Å². The Labute approximate surface area is 93.2 Å². The van der Waals surface area contributed by atoms with Crippen molar-refractivity contribution in [1.29, 1.82) is 0 Å². The molecule has 7 heteroatoms. The molecule has 0 aromatic carbocycles. The molecule has 2 heterocycles. The van der Waals surface area contributed by atoms with Gasteiger partial charge in [-0.1, -0.05) is 5.21 Å². The molecule has 86 valence electrons. The second-order valence-electron chi connectivity index (χ2n) is 3.73. The Hall–Kier alpha value is -1.73. The summed E-state index contributed by atoms with van der Waals surface area (Å²) in [5.41, 5.74) is 5.62. The fourth-order valence-electron chi connectivity index (χ4n) is 1.79. The van der Waals surface area contributed by atoms with Gasteiger partial charge >= 0.3 is 0 Å². The molecular formula is C9H15N7. The number of nitrogens with zero attached hydrogens (tertiary/aromatic N) is 5. The minimum atomic E-state index is -0.145. The van der Waals surface area contributed by atoms with E-state index in [4.69, 9.17) is 5.84 Å². The highest BCUT2D eigenvalue weighted by Gasteiger charge is 2.20. The van der Waals surface area contributed by atoms with Crippen molar-refractivity contribution in [3.05, 3.63) is 29.3 Å². The lowest BCUT2D eigenvalue weighted by Crippen LogP contribution is -2.30. The van der Waals surface area contributed by atoms with Gasteiger partial charge in [0, 0.05) is 25.9 Å². The molecule has 0 aliphatic carbocycles. The van der Waals surface area contributed by atoms with Crippen molar-refractivity contribution in [3.63, 3.8) is 0 Å². The smallest absolute Gasteiger partial charge is 0.0927 e. The third kappa shape index (κ3) is 1.70. The number of hydrogen-bond acceptors (Lipinski definition) is 5. The van der Waals surface area contributed by atoms with Crippen molar-refractivity contribution < 1.29 is 0 Å². The van der Waals surface area contributed by atoms with Crippen LogP contribution in [-0.4, -0.2) is 24.8 Å². The maximum Gasteiger partial charge on any atom is 0.0927 e. The Balaban J connectivity index is 2.44. The molecule has 2 rings (SSSR count). The molecule has 0 fully saturated rings. The third-order valence-corrected chi connectivity index (χ3v) is 2.57. The maximum atomic E-state index is 5.59. The fraction of sp³-hybridized carbons (Fsp3) is 0.444. The van der Waals surface area contributed by atoms with Crippen LogP contribution in [-0.2, 0) is 14.1 Å². The molecule has 2 aromatic heterocycles. The van der Waals surface area contributed by atoms with E-state index in [1.165, 1.54) is 0 Å². The van der Waals surface area contributed by atoms with Crippen LogP contribution in [0.3, 0.4) is 0 Å². The van der Waals surface area contributed by atoms with E-state index in [2.05, 4.69) is 20.8 Å². The summed E-state index contributed by atoms with van der Waals surface area (Å²) in [4.78, 5) is 0. The predicted octanol–water partition coefficient (Wildman–Crippen LogP) is -0.590. The Morgan fingerprint density at radius 3 is 2.62 bits per heavy atom. The Kier molecular flexibility index (Phi) is 2.71. The van der Waals surface area contributed by atoms with Gasteiger partial charge in [-0.05, 0) is 6.92 Å². The number of nitrogens with one attached hydrogen (secondary N) is 1. The van der Waals surface area contributed by atoms with E-state index in [1.54, 1.807) is 15.6 Å². The average molecular weight is 221 g/mol. The number of aryl methyl sites for hydroxylation is 3. The van der Waals surface area contributed by atoms with Gasteiger partial charge in [-0.25, -0.2) is 5.43 Å². The van der Waals surface area contributed by atoms with E-state index in [-0.39, 0.29) is 6.04 Å². The zero-order valence-electron chi connectivity index (χ0n) is 9.55. The molecule has 16 heavy (non-hydrogen) atoms. The lowest BCUT2D eigenvalue weighted by molar-refractivity contribution is 0.568. The van der Waals surface area contributed by atoms with Gasteiger partial charge in [0.2, 0.25) is 0 Å². The number of rotatable bonds is 3. The minimum Gasteiger partial charge on any atom is -0.275 e. The SMILES string of the molecule is Cc1nn(C)cc1C(NN)c1cnnn1C. The molecule has 2 aromatic rings. The molecule has 0 radical (unpaired) electrons. The first kappa shape index (κ1) is 10.8. The molecule has 1 atom stereocenters. The lowest BCUT2D eigenvalue weighted by Gasteiger charge is -2.14. The van der Waals surface area contributed by atoms with Gasteiger partial charge in [-0.3, -0.25) is 15.2 Å². The second kappa shape index (κ2) is 4.03. The summed E-state index contributed by atoms with van der Waals surface area (Å²) >= 11 is 0. The summed E-state index contributed by atoms with van der Waals surface area (Å²) in [5.74, 6) is 5.59. The monoisotopic (exact) mass is 221 g/mol. The number of aromatic nitrogens is 5. The standard InChI is InChI=1S/C9H15N7/c1-6-7(5-15(2)13-6)9(12-10)8-4-11-14-16(8)3/h4-5,9,12H,10H2,1-3H3. The highest BCUT2D eigenvalue weighted by atomic mass is 15.4. The first-order valence-corrected chi connectivity index (χ1v) is 4.94. The van der Waals surface area contributed by atoms with Crippen molar-refractivity contribution in [2.24, 2.45) is 19.9 Å². The summed E-state index contributed by atoms with van der Waals surface area (Å²) in [6, 6.07) is -0.145. The first-order chi connectivity index (χ1) is 7.63. The topological polar surface area (TPSA) is 86.6 Å². The molecule has 7 nitrogen and oxygen atoms in total. The maximum absolute atomic E-state index is 5.59. The van der Waals surface area contributed by atoms with E-state index in [1.807, 2.05) is 27.2 Å². The highest BCUT2D eigenvalue weighted by Crippen LogP contribution is 2.21. The minimum absolute atomic E-state index is 0.145. The molecule has 0 aliphatic heterocycles. The zero-order chi connectivity index (χ0) is 11.7. The van der Waals surface area contributed by atoms with Gasteiger partial charge in [0.1, 0.15) is 0 Å². The van der Waals surface area contributed by atoms with Gasteiger partial charge in [-0.2, -0.15) is 5.10 Å². The molecule has 0 saturated carbocycles. The van der Waals surface area contributed by atoms with Crippen LogP contribution in [0.25, 0.3) is 0 Å². The second-order valence-corrected chi connectivity index (χ2v) is 3.73. The zero-order valence-corrected chi connectivity index (χ0v) is 9.55. The van der Waals surface area contributed by atoms with E-state index < -0.39 is 0 Å². The van der Waals surface area contributed by atoms with Crippen LogP contribution in [0.1, 0.15) is 23.0 Å². The third-order valence-electron chi connectivity index (χ3n) is 2.57. The summed E-state index contributed by atoms with van der Waals surface area (Å²) in [5, 5.41) is 12.0. The summed E-state index contributed by atoms with van der Waals surface area (Å²) in [7, 11) is 3.71. The first-order valence-electron chi connectivity index (χ1n) is 4.94. The molecule has 0 aliphatic rings. The highest BCUT2D eigenvalue weighted by molar-refractivity contribution is 5.27. The molecule has 0 spiro atoms. The van der Waals surface area contributed by atoms with Gasteiger partial charge in [0.05, 0.1) is 23.6 Å². The van der Waals surface area contributed by atoms with Crippen LogP contribution >= 0.6 is 0 Å². The predicted molar refractivity (Wildman–Crippen MR) is 58.1 cm³/mol. The average Bonchev–Trinajstić information content (AvgIpc) is 2.77. The van der Waals surface area contributed by atoms with Crippen molar-refractivity contribution in [2.45, 2.75) is 13.0 Å². The largest absolute Gasteiger partial charge is 0.275 e. The Morgan fingerprint density at radius 2 is 2.19 bits per heavy atom. The van der Waals surface area contributed by atoms with Crippen LogP contribution < -0.4 is 11.3 Å². The number of nitrogens with two attached hydrogens (primary N) is 1. The molecule has 0 amide bonds. The number of hydrogen-bond donors (Lipinski definition) is 2. The van der Waals surface area contributed by atoms with Gasteiger partial charge < -0.3 is 0 Å². The molecule has 0 bridgehead atoms. The van der Waals surface area contributed by atoms with Gasteiger partial charge in [0.15, 0.2) is 0 Å². The molecular weight excluding hydrogens is 206 g/mol. The van der Waals surface area contributed by atoms with Crippen molar-refractivity contribution in [1.82, 2.24) is 30.2 Å². The quantitative estimate of drug-likeness (QED) is 0.534. The molecule has 3 N–H and O–H groups in total. The van der Waals surface area contributed by atoms with Gasteiger partial charge in [0.25, 0.3) is 0 Å². The van der Waals surface area contributed by atoms with E-state index >= 15 is 0 Å². The Bertz CT molecular complexity index is 484. The van der Waals surface area contributed by atoms with Crippen LogP contribution in [0, 0.1) is 6.92 Å².